The fraction of sp³-hybridized carbons (Fsp3) is 0.571. The van der Waals surface area contributed by atoms with E-state index in [0.717, 1.165) is 22.4 Å². The maximum absolute atomic E-state index is 7.37. The molecule has 3 nitrogen and oxygen atoms in total. The molecule has 1 aliphatic heterocycles. The normalized spacial score (nSPS) is 31.3. The van der Waals surface area contributed by atoms with Crippen molar-refractivity contribution in [2.45, 2.75) is 36.4 Å². The zero-order chi connectivity index (χ0) is 15.7. The van der Waals surface area contributed by atoms with E-state index in [1.165, 1.54) is 10.5 Å². The third kappa shape index (κ3) is 3.03. The van der Waals surface area contributed by atoms with Gasteiger partial charge in [0.15, 0.2) is 0 Å². The summed E-state index contributed by atoms with van der Waals surface area (Å²) in [5.74, 6) is 2.57. The van der Waals surface area contributed by atoms with Crippen LogP contribution in [0.1, 0.15) is 26.3 Å². The van der Waals surface area contributed by atoms with Gasteiger partial charge in [0.1, 0.15) is 11.9 Å². The smallest absolute Gasteiger partial charge is 0.137 e. The predicted molar refractivity (Wildman–Crippen MR) is 98.2 cm³/mol. The van der Waals surface area contributed by atoms with E-state index in [-0.39, 0.29) is 34.9 Å². The van der Waals surface area contributed by atoms with Crippen LogP contribution in [0.5, 0.6) is 5.75 Å². The Morgan fingerprint density at radius 1 is 1.62 bits per heavy atom. The van der Waals surface area contributed by atoms with Crippen LogP contribution in [0.3, 0.4) is 0 Å². The summed E-state index contributed by atoms with van der Waals surface area (Å²) >= 11 is 5.43. The lowest BCUT2D eigenvalue weighted by Crippen LogP contribution is -2.23. The number of hydrogen-bond donors (Lipinski definition) is 0. The van der Waals surface area contributed by atoms with Gasteiger partial charge >= 0.3 is 0 Å². The molecular weight excluding hydrogens is 390 g/mol. The van der Waals surface area contributed by atoms with Gasteiger partial charge in [-0.2, -0.15) is 0 Å². The Morgan fingerprint density at radius 2 is 2.48 bits per heavy atom. The molecule has 1 heterocycles. The van der Waals surface area contributed by atoms with Crippen molar-refractivity contribution in [3.05, 3.63) is 22.2 Å². The van der Waals surface area contributed by atoms with Crippen molar-refractivity contribution in [2.75, 3.05) is 12.4 Å². The van der Waals surface area contributed by atoms with Crippen molar-refractivity contribution in [3.63, 3.8) is 0 Å². The SMILES string of the molecule is [3HH].[3H]PO[C@@H]1C[C@@H]2Oc3c(SCC)cc(Br)cc3[C@@H]2[C@H]1COP. The molecule has 1 aliphatic carbocycles. The average molecular weight is 415 g/mol. The zero-order valence-corrected chi connectivity index (χ0v) is 16.2. The van der Waals surface area contributed by atoms with Gasteiger partial charge in [-0.1, -0.05) is 22.9 Å². The molecule has 6 atom stereocenters. The fourth-order valence-electron chi connectivity index (χ4n) is 3.44. The lowest BCUT2D eigenvalue weighted by atomic mass is 9.89. The summed E-state index contributed by atoms with van der Waals surface area (Å²) in [6.45, 7) is 2.75. The number of hydrogen-bond acceptors (Lipinski definition) is 4. The standard InChI is InChI=1S/C14H19BrO3P2S.H2/c1-2-21-12-4-7(15)3-8-13-9(6-16-19)10(18-20)5-11(13)17-14(8)12;/h3-4,9-11,13H,2,5-6,19-20H2,1H3;1H/t9-,10+,11-,13+;/m0./s1/i20T;1+2/t9-,10+,11-,13+,20?;. The highest BCUT2D eigenvalue weighted by atomic mass is 79.9. The second-order valence-corrected chi connectivity index (χ2v) is 8.12. The molecule has 7 heteroatoms. The van der Waals surface area contributed by atoms with Gasteiger partial charge in [0.25, 0.3) is 0 Å². The van der Waals surface area contributed by atoms with Crippen LogP contribution in [0.25, 0.3) is 0 Å². The summed E-state index contributed by atoms with van der Waals surface area (Å²) < 4.78 is 25.7. The molecular formula is C14H21BrO3P2S. The molecule has 1 aromatic carbocycles. The van der Waals surface area contributed by atoms with Gasteiger partial charge in [-0.05, 0) is 17.9 Å². The highest BCUT2D eigenvalue weighted by molar-refractivity contribution is 9.10. The van der Waals surface area contributed by atoms with Crippen molar-refractivity contribution in [1.29, 1.82) is 1.28 Å². The minimum atomic E-state index is -0.246. The predicted octanol–water partition coefficient (Wildman–Crippen LogP) is 4.65. The van der Waals surface area contributed by atoms with Gasteiger partial charge in [-0.3, -0.25) is 0 Å². The van der Waals surface area contributed by atoms with E-state index < -0.39 is 0 Å². The van der Waals surface area contributed by atoms with E-state index in [0.29, 0.717) is 6.61 Å². The molecule has 0 N–H and O–H groups in total. The Bertz CT molecular complexity index is 555. The summed E-state index contributed by atoms with van der Waals surface area (Å²) in [7, 11) is 2.08. The Hall–Kier alpha value is 0.630. The Kier molecular flexibility index (Phi) is 5.08. The first-order valence-corrected chi connectivity index (χ1v) is 9.62. The molecule has 118 valence electrons. The molecule has 0 spiro atoms. The average Bonchev–Trinajstić information content (AvgIpc) is 2.98. The van der Waals surface area contributed by atoms with E-state index in [4.69, 9.17) is 15.1 Å². The lowest BCUT2D eigenvalue weighted by Gasteiger charge is -2.22. The summed E-state index contributed by atoms with van der Waals surface area (Å²) in [5, 5.41) is 0. The van der Waals surface area contributed by atoms with Crippen LogP contribution in [0.15, 0.2) is 21.5 Å². The number of fused-ring (bicyclic) bond motifs is 3. The van der Waals surface area contributed by atoms with Crippen LogP contribution in [0, 0.1) is 5.92 Å². The van der Waals surface area contributed by atoms with Crippen LogP contribution >= 0.6 is 46.6 Å². The van der Waals surface area contributed by atoms with Gasteiger partial charge in [-0.25, -0.2) is 0 Å². The van der Waals surface area contributed by atoms with E-state index >= 15 is 0 Å². The second kappa shape index (κ2) is 7.03. The molecule has 2 aliphatic rings. The van der Waals surface area contributed by atoms with E-state index in [1.807, 2.05) is 11.8 Å². The van der Waals surface area contributed by atoms with Crippen molar-refractivity contribution in [3.8, 4) is 5.75 Å². The number of benzene rings is 1. The van der Waals surface area contributed by atoms with E-state index in [2.05, 4.69) is 44.5 Å². The quantitative estimate of drug-likeness (QED) is 0.499. The first-order valence-electron chi connectivity index (χ1n) is 7.46. The molecule has 0 saturated heterocycles. The summed E-state index contributed by atoms with van der Waals surface area (Å²) in [6, 6.07) is 4.30. The first kappa shape index (κ1) is 15.2. The fourth-order valence-corrected chi connectivity index (χ4v) is 5.38. The molecule has 21 heavy (non-hydrogen) atoms. The summed E-state index contributed by atoms with van der Waals surface area (Å²) in [5.41, 5.74) is 1.25. The van der Waals surface area contributed by atoms with Crippen LogP contribution in [-0.2, 0) is 9.05 Å². The monoisotopic (exact) mass is 414 g/mol. The summed E-state index contributed by atoms with van der Waals surface area (Å²) in [4.78, 5) is 1.20. The van der Waals surface area contributed by atoms with Gasteiger partial charge in [0, 0.05) is 48.6 Å². The van der Waals surface area contributed by atoms with E-state index in [1.54, 1.807) is 0 Å². The minimum absolute atomic E-state index is 0. The van der Waals surface area contributed by atoms with Gasteiger partial charge in [0.2, 0.25) is 0 Å². The topological polar surface area (TPSA) is 27.7 Å². The lowest BCUT2D eigenvalue weighted by molar-refractivity contribution is 0.138. The molecule has 0 bridgehead atoms. The molecule has 3 rings (SSSR count). The van der Waals surface area contributed by atoms with Crippen molar-refractivity contribution in [2.24, 2.45) is 5.92 Å². The van der Waals surface area contributed by atoms with Gasteiger partial charge in [-0.15, -0.1) is 11.8 Å². The molecule has 0 radical (unpaired) electrons. The highest BCUT2D eigenvalue weighted by Crippen LogP contribution is 2.54. The van der Waals surface area contributed by atoms with Crippen molar-refractivity contribution >= 4 is 46.6 Å². The zero-order valence-electron chi connectivity index (χ0n) is 12.7. The number of rotatable bonds is 6. The van der Waals surface area contributed by atoms with Crippen molar-refractivity contribution < 1.29 is 15.2 Å². The third-order valence-corrected chi connectivity index (χ3v) is 6.08. The molecule has 1 aromatic rings. The third-order valence-electron chi connectivity index (χ3n) is 4.22. The van der Waals surface area contributed by atoms with Gasteiger partial charge in [0.05, 0.1) is 18.9 Å². The summed E-state index contributed by atoms with van der Waals surface area (Å²) in [6.07, 6.45) is 1.01. The van der Waals surface area contributed by atoms with Crippen LogP contribution < -0.4 is 4.74 Å². The molecule has 1 saturated carbocycles. The first-order chi connectivity index (χ1) is 10.7. The molecule has 0 aromatic heterocycles. The largest absolute Gasteiger partial charge is 0.488 e. The number of ether oxygens (including phenoxy) is 1. The van der Waals surface area contributed by atoms with Gasteiger partial charge < -0.3 is 13.8 Å². The Balaban J connectivity index is 0.00000192. The molecule has 1 fully saturated rings. The Morgan fingerprint density at radius 3 is 3.19 bits per heavy atom. The van der Waals surface area contributed by atoms with Crippen LogP contribution in [-0.4, -0.2) is 25.8 Å². The maximum Gasteiger partial charge on any atom is 0.137 e. The Labute approximate surface area is 145 Å². The van der Waals surface area contributed by atoms with Crippen molar-refractivity contribution in [1.82, 2.24) is 0 Å². The second-order valence-electron chi connectivity index (χ2n) is 5.33. The maximum atomic E-state index is 7.37. The highest BCUT2D eigenvalue weighted by Gasteiger charge is 2.50. The molecule has 2 unspecified atom stereocenters. The minimum Gasteiger partial charge on any atom is -0.488 e. The number of halogens is 1. The van der Waals surface area contributed by atoms with Crippen LogP contribution in [0.2, 0.25) is 0 Å². The molecule has 0 amide bonds. The van der Waals surface area contributed by atoms with Crippen LogP contribution in [0.4, 0.5) is 0 Å². The number of thioether (sulfide) groups is 1. The van der Waals surface area contributed by atoms with E-state index in [9.17, 15) is 0 Å².